The maximum Gasteiger partial charge on any atom is 0.294 e. The molecular formula is C24H26N2O5S. The van der Waals surface area contributed by atoms with Crippen LogP contribution in [0.4, 0.5) is 10.5 Å². The van der Waals surface area contributed by atoms with Gasteiger partial charge < -0.3 is 14.8 Å². The second-order valence-corrected chi connectivity index (χ2v) is 8.29. The van der Waals surface area contributed by atoms with Crippen molar-refractivity contribution in [1.29, 1.82) is 0 Å². The predicted octanol–water partition coefficient (Wildman–Crippen LogP) is 4.86. The number of rotatable bonds is 9. The molecule has 1 aliphatic heterocycles. The number of ether oxygens (including phenoxy) is 2. The fourth-order valence-corrected chi connectivity index (χ4v) is 3.91. The Balaban J connectivity index is 1.68. The van der Waals surface area contributed by atoms with E-state index >= 15 is 0 Å². The van der Waals surface area contributed by atoms with E-state index in [0.29, 0.717) is 29.4 Å². The molecule has 0 saturated carbocycles. The van der Waals surface area contributed by atoms with Crippen LogP contribution < -0.4 is 14.8 Å². The first-order valence-electron chi connectivity index (χ1n) is 10.3. The SMILES string of the molecule is CCCCOc1ccc(/C=C2\SC(=O)N(CC(=O)Nc3cccc(C)c3)C2=O)cc1OC. The lowest BCUT2D eigenvalue weighted by atomic mass is 10.2. The number of hydrogen-bond acceptors (Lipinski definition) is 6. The number of imide groups is 1. The smallest absolute Gasteiger partial charge is 0.294 e. The molecule has 0 spiro atoms. The number of nitrogens with one attached hydrogen (secondary N) is 1. The van der Waals surface area contributed by atoms with Gasteiger partial charge in [-0.15, -0.1) is 0 Å². The summed E-state index contributed by atoms with van der Waals surface area (Å²) in [6.07, 6.45) is 3.58. The summed E-state index contributed by atoms with van der Waals surface area (Å²) in [6, 6.07) is 12.6. The maximum absolute atomic E-state index is 12.7. The number of nitrogens with zero attached hydrogens (tertiary/aromatic N) is 1. The van der Waals surface area contributed by atoms with Gasteiger partial charge in [0, 0.05) is 5.69 Å². The molecule has 1 fully saturated rings. The van der Waals surface area contributed by atoms with E-state index in [2.05, 4.69) is 12.2 Å². The average Bonchev–Trinajstić information content (AvgIpc) is 3.02. The van der Waals surface area contributed by atoms with Crippen LogP contribution >= 0.6 is 11.8 Å². The number of carbonyl (C=O) groups excluding carboxylic acids is 3. The molecule has 2 aromatic carbocycles. The number of hydrogen-bond donors (Lipinski definition) is 1. The van der Waals surface area contributed by atoms with Crippen molar-refractivity contribution < 1.29 is 23.9 Å². The van der Waals surface area contributed by atoms with E-state index in [1.165, 1.54) is 0 Å². The van der Waals surface area contributed by atoms with Crippen molar-refractivity contribution >= 4 is 40.6 Å². The normalized spacial score (nSPS) is 14.7. The van der Waals surface area contributed by atoms with Crippen LogP contribution in [0.2, 0.25) is 0 Å². The summed E-state index contributed by atoms with van der Waals surface area (Å²) in [5.41, 5.74) is 2.30. The maximum atomic E-state index is 12.7. The van der Waals surface area contributed by atoms with Crippen molar-refractivity contribution in [2.75, 3.05) is 25.6 Å². The molecule has 32 heavy (non-hydrogen) atoms. The molecule has 0 aromatic heterocycles. The molecule has 0 atom stereocenters. The number of benzene rings is 2. The van der Waals surface area contributed by atoms with Gasteiger partial charge in [0.15, 0.2) is 11.5 Å². The van der Waals surface area contributed by atoms with E-state index < -0.39 is 17.1 Å². The van der Waals surface area contributed by atoms with Gasteiger partial charge in [0.1, 0.15) is 6.54 Å². The van der Waals surface area contributed by atoms with Gasteiger partial charge in [-0.3, -0.25) is 19.3 Å². The van der Waals surface area contributed by atoms with E-state index in [-0.39, 0.29) is 11.4 Å². The average molecular weight is 455 g/mol. The van der Waals surface area contributed by atoms with Crippen molar-refractivity contribution in [1.82, 2.24) is 4.90 Å². The highest BCUT2D eigenvalue weighted by atomic mass is 32.2. The fraction of sp³-hybridized carbons (Fsp3) is 0.292. The molecule has 1 aliphatic rings. The number of carbonyl (C=O) groups is 3. The Morgan fingerprint density at radius 3 is 2.69 bits per heavy atom. The van der Waals surface area contributed by atoms with Crippen LogP contribution in [0.15, 0.2) is 47.4 Å². The van der Waals surface area contributed by atoms with Crippen LogP contribution in [-0.4, -0.2) is 42.2 Å². The van der Waals surface area contributed by atoms with Crippen molar-refractivity contribution in [2.24, 2.45) is 0 Å². The molecule has 8 heteroatoms. The van der Waals surface area contributed by atoms with Gasteiger partial charge in [0.05, 0.1) is 18.6 Å². The van der Waals surface area contributed by atoms with Gasteiger partial charge in [-0.05, 0) is 66.6 Å². The molecule has 3 amide bonds. The van der Waals surface area contributed by atoms with Crippen LogP contribution in [0.1, 0.15) is 30.9 Å². The molecule has 0 aliphatic carbocycles. The summed E-state index contributed by atoms with van der Waals surface area (Å²) in [5, 5.41) is 2.23. The largest absolute Gasteiger partial charge is 0.493 e. The van der Waals surface area contributed by atoms with E-state index in [1.807, 2.05) is 25.1 Å². The molecule has 0 bridgehead atoms. The zero-order valence-electron chi connectivity index (χ0n) is 18.3. The second kappa shape index (κ2) is 10.9. The number of anilines is 1. The Bertz CT molecular complexity index is 1050. The Kier molecular flexibility index (Phi) is 7.94. The summed E-state index contributed by atoms with van der Waals surface area (Å²) < 4.78 is 11.1. The number of unbranched alkanes of at least 4 members (excludes halogenated alkanes) is 1. The highest BCUT2D eigenvalue weighted by Gasteiger charge is 2.36. The molecule has 2 aromatic rings. The minimum absolute atomic E-state index is 0.250. The summed E-state index contributed by atoms with van der Waals surface area (Å²) in [4.78, 5) is 38.6. The van der Waals surface area contributed by atoms with E-state index in [9.17, 15) is 14.4 Å². The van der Waals surface area contributed by atoms with Gasteiger partial charge in [0.25, 0.3) is 11.1 Å². The fourth-order valence-electron chi connectivity index (χ4n) is 3.07. The van der Waals surface area contributed by atoms with Crippen molar-refractivity contribution in [2.45, 2.75) is 26.7 Å². The minimum Gasteiger partial charge on any atom is -0.493 e. The first-order chi connectivity index (χ1) is 15.4. The van der Waals surface area contributed by atoms with Gasteiger partial charge >= 0.3 is 0 Å². The zero-order chi connectivity index (χ0) is 23.1. The number of methoxy groups -OCH3 is 1. The highest BCUT2D eigenvalue weighted by Crippen LogP contribution is 2.34. The molecule has 7 nitrogen and oxygen atoms in total. The lowest BCUT2D eigenvalue weighted by Gasteiger charge is -2.13. The minimum atomic E-state index is -0.498. The van der Waals surface area contributed by atoms with E-state index in [1.54, 1.807) is 37.5 Å². The first kappa shape index (κ1) is 23.4. The third-order valence-electron chi connectivity index (χ3n) is 4.72. The summed E-state index contributed by atoms with van der Waals surface area (Å²) in [7, 11) is 1.55. The van der Waals surface area contributed by atoms with Crippen LogP contribution in [-0.2, 0) is 9.59 Å². The van der Waals surface area contributed by atoms with Crippen LogP contribution in [0.5, 0.6) is 11.5 Å². The molecule has 168 valence electrons. The topological polar surface area (TPSA) is 84.9 Å². The highest BCUT2D eigenvalue weighted by molar-refractivity contribution is 8.18. The molecule has 3 rings (SSSR count). The molecular weight excluding hydrogens is 428 g/mol. The second-order valence-electron chi connectivity index (χ2n) is 7.30. The van der Waals surface area contributed by atoms with E-state index in [4.69, 9.17) is 9.47 Å². The lowest BCUT2D eigenvalue weighted by molar-refractivity contribution is -0.127. The monoisotopic (exact) mass is 454 g/mol. The zero-order valence-corrected chi connectivity index (χ0v) is 19.2. The number of amides is 3. The van der Waals surface area contributed by atoms with Gasteiger partial charge in [-0.2, -0.15) is 0 Å². The Labute approximate surface area is 191 Å². The Hall–Kier alpha value is -3.26. The van der Waals surface area contributed by atoms with Crippen molar-refractivity contribution in [3.8, 4) is 11.5 Å². The third kappa shape index (κ3) is 5.91. The van der Waals surface area contributed by atoms with Crippen molar-refractivity contribution in [3.63, 3.8) is 0 Å². The van der Waals surface area contributed by atoms with Gasteiger partial charge in [-0.1, -0.05) is 31.5 Å². The molecule has 0 unspecified atom stereocenters. The summed E-state index contributed by atoms with van der Waals surface area (Å²) in [6.45, 7) is 4.25. The molecule has 1 saturated heterocycles. The summed E-state index contributed by atoms with van der Waals surface area (Å²) in [5.74, 6) is 0.238. The number of thioether (sulfide) groups is 1. The van der Waals surface area contributed by atoms with E-state index in [0.717, 1.165) is 35.1 Å². The molecule has 1 N–H and O–H groups in total. The quantitative estimate of drug-likeness (QED) is 0.430. The number of aryl methyl sites for hydroxylation is 1. The summed E-state index contributed by atoms with van der Waals surface area (Å²) >= 11 is 0.808. The molecule has 1 heterocycles. The third-order valence-corrected chi connectivity index (χ3v) is 5.63. The van der Waals surface area contributed by atoms with Crippen LogP contribution in [0.25, 0.3) is 6.08 Å². The van der Waals surface area contributed by atoms with Crippen LogP contribution in [0, 0.1) is 6.92 Å². The predicted molar refractivity (Wildman–Crippen MR) is 126 cm³/mol. The van der Waals surface area contributed by atoms with Gasteiger partial charge in [-0.25, -0.2) is 0 Å². The Morgan fingerprint density at radius 2 is 1.97 bits per heavy atom. The first-order valence-corrected chi connectivity index (χ1v) is 11.2. The van der Waals surface area contributed by atoms with Crippen molar-refractivity contribution in [3.05, 3.63) is 58.5 Å². The lowest BCUT2D eigenvalue weighted by Crippen LogP contribution is -2.36. The van der Waals surface area contributed by atoms with Crippen LogP contribution in [0.3, 0.4) is 0 Å². The van der Waals surface area contributed by atoms with Gasteiger partial charge in [0.2, 0.25) is 5.91 Å². The standard InChI is InChI=1S/C24H26N2O5S/c1-4-5-11-31-19-10-9-17(13-20(19)30-3)14-21-23(28)26(24(29)32-21)15-22(27)25-18-8-6-7-16(2)12-18/h6-10,12-14H,4-5,11,15H2,1-3H3,(H,25,27)/b21-14-. The Morgan fingerprint density at radius 1 is 1.16 bits per heavy atom. The molecule has 0 radical (unpaired) electrons.